The van der Waals surface area contributed by atoms with Crippen LogP contribution in [0.2, 0.25) is 0 Å². The highest BCUT2D eigenvalue weighted by molar-refractivity contribution is 5.81. The Morgan fingerprint density at radius 2 is 1.96 bits per heavy atom. The van der Waals surface area contributed by atoms with Crippen molar-refractivity contribution in [3.63, 3.8) is 0 Å². The van der Waals surface area contributed by atoms with E-state index in [1.807, 2.05) is 32.0 Å². The van der Waals surface area contributed by atoms with Crippen LogP contribution < -0.4 is 5.32 Å². The summed E-state index contributed by atoms with van der Waals surface area (Å²) in [5.74, 6) is 4.83. The minimum atomic E-state index is -1.64. The van der Waals surface area contributed by atoms with Gasteiger partial charge in [-0.2, -0.15) is 0 Å². The van der Waals surface area contributed by atoms with Crippen LogP contribution in [0.5, 0.6) is 0 Å². The molecule has 138 valence electrons. The van der Waals surface area contributed by atoms with Crippen LogP contribution in [0.3, 0.4) is 0 Å². The zero-order valence-corrected chi connectivity index (χ0v) is 15.7. The van der Waals surface area contributed by atoms with Crippen LogP contribution >= 0.6 is 0 Å². The van der Waals surface area contributed by atoms with Gasteiger partial charge < -0.3 is 15.2 Å². The summed E-state index contributed by atoms with van der Waals surface area (Å²) in [4.78, 5) is 12.7. The lowest BCUT2D eigenvalue weighted by molar-refractivity contribution is -0.172. The summed E-state index contributed by atoms with van der Waals surface area (Å²) in [5, 5.41) is 14.3. The lowest BCUT2D eigenvalue weighted by Gasteiger charge is -2.32. The van der Waals surface area contributed by atoms with Crippen molar-refractivity contribution in [2.45, 2.75) is 52.1 Å². The molecule has 2 N–H and O–H groups in total. The van der Waals surface area contributed by atoms with Gasteiger partial charge in [0.2, 0.25) is 0 Å². The summed E-state index contributed by atoms with van der Waals surface area (Å²) in [6, 6.07) is 9.05. The predicted octanol–water partition coefficient (Wildman–Crippen LogP) is 3.25. The van der Waals surface area contributed by atoms with E-state index in [-0.39, 0.29) is 12.5 Å². The van der Waals surface area contributed by atoms with Gasteiger partial charge in [0.1, 0.15) is 0 Å². The second-order valence-electron chi connectivity index (χ2n) is 6.24. The second kappa shape index (κ2) is 11.7. The fourth-order valence-electron chi connectivity index (χ4n) is 2.72. The van der Waals surface area contributed by atoms with Crippen LogP contribution in [0.15, 0.2) is 30.3 Å². The van der Waals surface area contributed by atoms with Gasteiger partial charge in [-0.25, -0.2) is 4.79 Å². The highest BCUT2D eigenvalue weighted by Gasteiger charge is 2.44. The third kappa shape index (κ3) is 6.53. The van der Waals surface area contributed by atoms with E-state index >= 15 is 0 Å². The number of carbonyl (C=O) groups excluding carboxylic acids is 1. The third-order valence-corrected chi connectivity index (χ3v) is 4.34. The van der Waals surface area contributed by atoms with Crippen LogP contribution in [-0.2, 0) is 15.1 Å². The van der Waals surface area contributed by atoms with Crippen molar-refractivity contribution in [1.29, 1.82) is 0 Å². The summed E-state index contributed by atoms with van der Waals surface area (Å²) in [7, 11) is 0. The Balaban J connectivity index is 2.83. The van der Waals surface area contributed by atoms with Gasteiger partial charge in [-0.05, 0) is 18.5 Å². The van der Waals surface area contributed by atoms with Crippen molar-refractivity contribution in [3.8, 4) is 11.8 Å². The highest BCUT2D eigenvalue weighted by atomic mass is 16.5. The minimum absolute atomic E-state index is 0.0128. The molecule has 1 rings (SSSR count). The maximum atomic E-state index is 12.7. The van der Waals surface area contributed by atoms with Gasteiger partial charge in [-0.15, -0.1) is 0 Å². The van der Waals surface area contributed by atoms with Crippen molar-refractivity contribution in [1.82, 2.24) is 5.32 Å². The Labute approximate surface area is 152 Å². The van der Waals surface area contributed by atoms with Crippen LogP contribution in [-0.4, -0.2) is 30.8 Å². The van der Waals surface area contributed by atoms with E-state index in [1.54, 1.807) is 12.1 Å². The van der Waals surface area contributed by atoms with Gasteiger partial charge in [0, 0.05) is 5.92 Å². The van der Waals surface area contributed by atoms with Crippen LogP contribution in [0.1, 0.15) is 52.0 Å². The van der Waals surface area contributed by atoms with E-state index in [0.717, 1.165) is 32.2 Å². The lowest BCUT2D eigenvalue weighted by atomic mass is 9.79. The molecule has 0 amide bonds. The van der Waals surface area contributed by atoms with E-state index < -0.39 is 11.6 Å². The van der Waals surface area contributed by atoms with Crippen molar-refractivity contribution in [2.24, 2.45) is 5.92 Å². The van der Waals surface area contributed by atoms with Crippen LogP contribution in [0.25, 0.3) is 0 Å². The largest absolute Gasteiger partial charge is 0.450 e. The lowest BCUT2D eigenvalue weighted by Crippen LogP contribution is -2.43. The Kier molecular flexibility index (Phi) is 9.91. The molecule has 2 atom stereocenters. The van der Waals surface area contributed by atoms with Crippen molar-refractivity contribution < 1.29 is 14.6 Å². The molecule has 1 aromatic carbocycles. The standard InChI is InChI=1S/C21H31NO3/c1-4-6-8-13-18(3)21(24,19-14-9-7-10-15-19)20(23)25-17-12-11-16-22-5-2/h7,9-10,14-15,18,22,24H,4-6,8,13,16-17H2,1-3H3. The predicted molar refractivity (Wildman–Crippen MR) is 101 cm³/mol. The minimum Gasteiger partial charge on any atom is -0.450 e. The average Bonchev–Trinajstić information content (AvgIpc) is 2.64. The molecular weight excluding hydrogens is 314 g/mol. The number of benzene rings is 1. The molecule has 0 aliphatic heterocycles. The summed E-state index contributed by atoms with van der Waals surface area (Å²) in [6.07, 6.45) is 3.92. The van der Waals surface area contributed by atoms with E-state index in [2.05, 4.69) is 24.1 Å². The summed E-state index contributed by atoms with van der Waals surface area (Å²) in [5.41, 5.74) is -1.07. The number of carbonyl (C=O) groups is 1. The zero-order chi connectivity index (χ0) is 18.5. The third-order valence-electron chi connectivity index (χ3n) is 4.34. The summed E-state index contributed by atoms with van der Waals surface area (Å²) < 4.78 is 5.28. The molecule has 4 heteroatoms. The Hall–Kier alpha value is -1.83. The van der Waals surface area contributed by atoms with Crippen LogP contribution in [0, 0.1) is 17.8 Å². The number of nitrogens with one attached hydrogen (secondary N) is 1. The van der Waals surface area contributed by atoms with Gasteiger partial charge in [0.25, 0.3) is 0 Å². The molecule has 0 fully saturated rings. The molecule has 2 unspecified atom stereocenters. The first-order valence-corrected chi connectivity index (χ1v) is 9.18. The fourth-order valence-corrected chi connectivity index (χ4v) is 2.72. The monoisotopic (exact) mass is 345 g/mol. The van der Waals surface area contributed by atoms with E-state index in [1.165, 1.54) is 0 Å². The van der Waals surface area contributed by atoms with Gasteiger partial charge in [-0.1, -0.05) is 82.2 Å². The molecular formula is C21H31NO3. The van der Waals surface area contributed by atoms with E-state index in [9.17, 15) is 9.90 Å². The molecule has 0 saturated heterocycles. The Morgan fingerprint density at radius 3 is 2.60 bits per heavy atom. The molecule has 25 heavy (non-hydrogen) atoms. The SMILES string of the molecule is CCCCCC(C)C(O)(C(=O)OCC#CCNCC)c1ccccc1. The maximum absolute atomic E-state index is 12.7. The number of hydrogen-bond donors (Lipinski definition) is 2. The molecule has 0 spiro atoms. The summed E-state index contributed by atoms with van der Waals surface area (Å²) in [6.45, 7) is 7.43. The van der Waals surface area contributed by atoms with E-state index in [4.69, 9.17) is 4.74 Å². The normalized spacial score (nSPS) is 14.1. The van der Waals surface area contributed by atoms with Gasteiger partial charge >= 0.3 is 5.97 Å². The number of aliphatic hydroxyl groups is 1. The average molecular weight is 345 g/mol. The first-order chi connectivity index (χ1) is 12.1. The molecule has 0 aliphatic carbocycles. The maximum Gasteiger partial charge on any atom is 0.344 e. The molecule has 0 aromatic heterocycles. The number of hydrogen-bond acceptors (Lipinski definition) is 4. The van der Waals surface area contributed by atoms with Crippen molar-refractivity contribution in [3.05, 3.63) is 35.9 Å². The van der Waals surface area contributed by atoms with Gasteiger partial charge in [0.05, 0.1) is 6.54 Å². The number of unbranched alkanes of at least 4 members (excludes halogenated alkanes) is 2. The molecule has 0 saturated carbocycles. The summed E-state index contributed by atoms with van der Waals surface area (Å²) >= 11 is 0. The van der Waals surface area contributed by atoms with E-state index in [0.29, 0.717) is 12.1 Å². The zero-order valence-electron chi connectivity index (χ0n) is 15.7. The molecule has 0 aliphatic rings. The molecule has 0 bridgehead atoms. The molecule has 0 heterocycles. The quantitative estimate of drug-likeness (QED) is 0.388. The Morgan fingerprint density at radius 1 is 1.24 bits per heavy atom. The second-order valence-corrected chi connectivity index (χ2v) is 6.24. The Bertz CT molecular complexity index is 561. The smallest absolute Gasteiger partial charge is 0.344 e. The number of rotatable bonds is 10. The molecule has 4 nitrogen and oxygen atoms in total. The van der Waals surface area contributed by atoms with Gasteiger partial charge in [-0.3, -0.25) is 0 Å². The molecule has 0 radical (unpaired) electrons. The number of ether oxygens (including phenoxy) is 1. The first-order valence-electron chi connectivity index (χ1n) is 9.18. The first kappa shape index (κ1) is 21.2. The van der Waals surface area contributed by atoms with Crippen molar-refractivity contribution >= 4 is 5.97 Å². The number of esters is 1. The fraction of sp³-hybridized carbons (Fsp3) is 0.571. The topological polar surface area (TPSA) is 58.6 Å². The molecule has 1 aromatic rings. The highest BCUT2D eigenvalue weighted by Crippen LogP contribution is 2.34. The van der Waals surface area contributed by atoms with Crippen LogP contribution in [0.4, 0.5) is 0 Å². The van der Waals surface area contributed by atoms with Crippen molar-refractivity contribution in [2.75, 3.05) is 19.7 Å². The van der Waals surface area contributed by atoms with Gasteiger partial charge in [0.15, 0.2) is 12.2 Å².